The average Bonchev–Trinajstić information content (AvgIpc) is 3.18. The van der Waals surface area contributed by atoms with Crippen LogP contribution < -0.4 is 5.56 Å². The van der Waals surface area contributed by atoms with Gasteiger partial charge in [-0.25, -0.2) is 4.98 Å². The van der Waals surface area contributed by atoms with Crippen LogP contribution in [0.4, 0.5) is 0 Å². The monoisotopic (exact) mass is 363 g/mol. The molecular formula is C20H21N5O2. The Balaban J connectivity index is 1.56. The molecule has 4 rings (SSSR count). The van der Waals surface area contributed by atoms with Gasteiger partial charge in [0.2, 0.25) is 0 Å². The van der Waals surface area contributed by atoms with Gasteiger partial charge in [-0.3, -0.25) is 14.7 Å². The summed E-state index contributed by atoms with van der Waals surface area (Å²) >= 11 is 0. The Morgan fingerprint density at radius 1 is 1.22 bits per heavy atom. The van der Waals surface area contributed by atoms with Crippen molar-refractivity contribution in [1.82, 2.24) is 25.1 Å². The molecule has 1 fully saturated rings. The number of H-pyrrole nitrogens is 2. The van der Waals surface area contributed by atoms with Gasteiger partial charge in [-0.05, 0) is 25.3 Å². The maximum absolute atomic E-state index is 12.7. The van der Waals surface area contributed by atoms with Crippen LogP contribution >= 0.6 is 0 Å². The Morgan fingerprint density at radius 3 is 2.78 bits per heavy atom. The fourth-order valence-corrected chi connectivity index (χ4v) is 3.59. The van der Waals surface area contributed by atoms with Crippen molar-refractivity contribution in [2.45, 2.75) is 25.7 Å². The van der Waals surface area contributed by atoms with E-state index in [0.717, 1.165) is 35.9 Å². The van der Waals surface area contributed by atoms with E-state index in [1.54, 1.807) is 4.90 Å². The minimum absolute atomic E-state index is 0.160. The Hall–Kier alpha value is -3.22. The van der Waals surface area contributed by atoms with E-state index >= 15 is 0 Å². The maximum Gasteiger partial charge on any atom is 0.273 e. The number of carbonyl (C=O) groups is 1. The predicted molar refractivity (Wildman–Crippen MR) is 101 cm³/mol. The van der Waals surface area contributed by atoms with Gasteiger partial charge >= 0.3 is 0 Å². The van der Waals surface area contributed by atoms with Crippen molar-refractivity contribution in [1.29, 1.82) is 0 Å². The van der Waals surface area contributed by atoms with Crippen molar-refractivity contribution in [3.05, 3.63) is 70.2 Å². The van der Waals surface area contributed by atoms with E-state index in [1.165, 1.54) is 11.8 Å². The van der Waals surface area contributed by atoms with Crippen LogP contribution in [-0.4, -0.2) is 44.1 Å². The summed E-state index contributed by atoms with van der Waals surface area (Å²) < 4.78 is 0. The molecule has 0 spiro atoms. The first-order valence-electron chi connectivity index (χ1n) is 9.06. The molecule has 7 heteroatoms. The average molecular weight is 363 g/mol. The number of nitrogens with one attached hydrogen (secondary N) is 2. The summed E-state index contributed by atoms with van der Waals surface area (Å²) in [5.41, 5.74) is 4.42. The van der Waals surface area contributed by atoms with Gasteiger partial charge in [0.15, 0.2) is 0 Å². The zero-order valence-corrected chi connectivity index (χ0v) is 15.1. The topological polar surface area (TPSA) is 94.7 Å². The van der Waals surface area contributed by atoms with Crippen LogP contribution in [0.5, 0.6) is 0 Å². The van der Waals surface area contributed by atoms with Gasteiger partial charge in [0.1, 0.15) is 5.69 Å². The molecule has 138 valence electrons. The van der Waals surface area contributed by atoms with E-state index in [4.69, 9.17) is 0 Å². The van der Waals surface area contributed by atoms with E-state index in [-0.39, 0.29) is 23.1 Å². The van der Waals surface area contributed by atoms with E-state index in [2.05, 4.69) is 51.4 Å². The highest BCUT2D eigenvalue weighted by Gasteiger charge is 2.28. The van der Waals surface area contributed by atoms with Gasteiger partial charge in [0.05, 0.1) is 12.4 Å². The van der Waals surface area contributed by atoms with E-state index in [9.17, 15) is 9.59 Å². The molecule has 3 heterocycles. The lowest BCUT2D eigenvalue weighted by Gasteiger charge is -2.32. The van der Waals surface area contributed by atoms with Crippen LogP contribution in [0.15, 0.2) is 47.7 Å². The van der Waals surface area contributed by atoms with Crippen LogP contribution in [0, 0.1) is 6.92 Å². The number of piperidine rings is 1. The van der Waals surface area contributed by atoms with Gasteiger partial charge in [-0.1, -0.05) is 29.8 Å². The molecular weight excluding hydrogens is 342 g/mol. The van der Waals surface area contributed by atoms with Crippen molar-refractivity contribution in [2.75, 3.05) is 13.1 Å². The van der Waals surface area contributed by atoms with Crippen molar-refractivity contribution < 1.29 is 4.79 Å². The number of nitrogens with zero attached hydrogens (tertiary/aromatic N) is 3. The second kappa shape index (κ2) is 7.19. The zero-order chi connectivity index (χ0) is 18.8. The lowest BCUT2D eigenvalue weighted by Crippen LogP contribution is -2.40. The number of aromatic nitrogens is 4. The maximum atomic E-state index is 12.7. The Morgan fingerprint density at radius 2 is 2.04 bits per heavy atom. The first-order chi connectivity index (χ1) is 13.1. The summed E-state index contributed by atoms with van der Waals surface area (Å²) in [5, 5.41) is 7.40. The normalized spacial score (nSPS) is 17.1. The van der Waals surface area contributed by atoms with Crippen LogP contribution in [0.1, 0.15) is 40.5 Å². The highest BCUT2D eigenvalue weighted by atomic mass is 16.2. The molecule has 0 unspecified atom stereocenters. The highest BCUT2D eigenvalue weighted by molar-refractivity contribution is 5.92. The molecule has 1 amide bonds. The standard InChI is InChI=1S/C20H21N5O2/c1-13-4-6-14(7-5-13)16-9-23-24-19(16)15-3-2-8-25(12-15)20(27)17-10-22-18(26)11-21-17/h4-7,9-11,15H,2-3,8,12H2,1H3,(H,22,26)(H,23,24)/t15-/m1/s1. The van der Waals surface area contributed by atoms with Crippen molar-refractivity contribution >= 4 is 5.91 Å². The van der Waals surface area contributed by atoms with Crippen LogP contribution in [0.2, 0.25) is 0 Å². The quantitative estimate of drug-likeness (QED) is 0.747. The molecule has 27 heavy (non-hydrogen) atoms. The Kier molecular flexibility index (Phi) is 4.58. The molecule has 0 saturated carbocycles. The molecule has 0 radical (unpaired) electrons. The number of benzene rings is 1. The van der Waals surface area contributed by atoms with Crippen LogP contribution in [-0.2, 0) is 0 Å². The van der Waals surface area contributed by atoms with Crippen molar-refractivity contribution in [3.8, 4) is 11.1 Å². The molecule has 0 bridgehead atoms. The SMILES string of the molecule is Cc1ccc(-c2cn[nH]c2[C@@H]2CCCN(C(=O)c3c[nH]c(=O)cn3)C2)cc1. The van der Waals surface area contributed by atoms with Gasteiger partial charge < -0.3 is 9.88 Å². The summed E-state index contributed by atoms with van der Waals surface area (Å²) in [7, 11) is 0. The molecule has 0 aliphatic carbocycles. The number of aryl methyl sites for hydroxylation is 1. The molecule has 1 saturated heterocycles. The smallest absolute Gasteiger partial charge is 0.273 e. The van der Waals surface area contributed by atoms with Crippen molar-refractivity contribution in [2.24, 2.45) is 0 Å². The van der Waals surface area contributed by atoms with E-state index in [0.29, 0.717) is 13.1 Å². The van der Waals surface area contributed by atoms with Gasteiger partial charge in [-0.15, -0.1) is 0 Å². The molecule has 2 N–H and O–H groups in total. The predicted octanol–water partition coefficient (Wildman–Crippen LogP) is 2.49. The number of amides is 1. The molecule has 1 aliphatic rings. The van der Waals surface area contributed by atoms with E-state index < -0.39 is 0 Å². The molecule has 1 atom stereocenters. The number of aromatic amines is 2. The summed E-state index contributed by atoms with van der Waals surface area (Å²) in [6.45, 7) is 3.35. The lowest BCUT2D eigenvalue weighted by molar-refractivity contribution is 0.0699. The minimum atomic E-state index is -0.316. The van der Waals surface area contributed by atoms with Gasteiger partial charge in [-0.2, -0.15) is 5.10 Å². The molecule has 3 aromatic rings. The number of carbonyl (C=O) groups excluding carboxylic acids is 1. The second-order valence-corrected chi connectivity index (χ2v) is 6.95. The van der Waals surface area contributed by atoms with Crippen LogP contribution in [0.3, 0.4) is 0 Å². The summed E-state index contributed by atoms with van der Waals surface area (Å²) in [5.74, 6) is 0.0246. The Bertz CT molecular complexity index is 985. The zero-order valence-electron chi connectivity index (χ0n) is 15.1. The summed E-state index contributed by atoms with van der Waals surface area (Å²) in [6, 6.07) is 8.37. The third kappa shape index (κ3) is 3.53. The van der Waals surface area contributed by atoms with E-state index in [1.807, 2.05) is 6.20 Å². The number of likely N-dealkylation sites (tertiary alicyclic amines) is 1. The van der Waals surface area contributed by atoms with Gasteiger partial charge in [0.25, 0.3) is 11.5 Å². The first-order valence-corrected chi connectivity index (χ1v) is 9.06. The Labute approximate surface area is 156 Å². The third-order valence-corrected chi connectivity index (χ3v) is 5.04. The minimum Gasteiger partial charge on any atom is -0.337 e. The summed E-state index contributed by atoms with van der Waals surface area (Å²) in [6.07, 6.45) is 6.27. The van der Waals surface area contributed by atoms with Gasteiger partial charge in [0, 0.05) is 36.5 Å². The fourth-order valence-electron chi connectivity index (χ4n) is 3.59. The number of rotatable bonds is 3. The lowest BCUT2D eigenvalue weighted by atomic mass is 9.90. The largest absolute Gasteiger partial charge is 0.337 e. The number of hydrogen-bond acceptors (Lipinski definition) is 4. The van der Waals surface area contributed by atoms with Crippen LogP contribution in [0.25, 0.3) is 11.1 Å². The molecule has 1 aromatic carbocycles. The molecule has 7 nitrogen and oxygen atoms in total. The summed E-state index contributed by atoms with van der Waals surface area (Å²) in [4.78, 5) is 32.2. The molecule has 2 aromatic heterocycles. The highest BCUT2D eigenvalue weighted by Crippen LogP contribution is 2.33. The molecule has 1 aliphatic heterocycles. The first kappa shape index (κ1) is 17.2. The number of hydrogen-bond donors (Lipinski definition) is 2. The second-order valence-electron chi connectivity index (χ2n) is 6.95. The van der Waals surface area contributed by atoms with Crippen molar-refractivity contribution in [3.63, 3.8) is 0 Å². The third-order valence-electron chi connectivity index (χ3n) is 5.04. The fraction of sp³-hybridized carbons (Fsp3) is 0.300.